The summed E-state index contributed by atoms with van der Waals surface area (Å²) in [6, 6.07) is 5.74. The van der Waals surface area contributed by atoms with Crippen molar-refractivity contribution in [3.8, 4) is 5.69 Å². The van der Waals surface area contributed by atoms with Crippen LogP contribution in [0.2, 0.25) is 0 Å². The molecule has 1 aromatic carbocycles. The first-order valence-corrected chi connectivity index (χ1v) is 8.81. The van der Waals surface area contributed by atoms with E-state index in [0.717, 1.165) is 0 Å². The zero-order valence-electron chi connectivity index (χ0n) is 13.7. The molecule has 0 unspecified atom stereocenters. The Bertz CT molecular complexity index is 790. The van der Waals surface area contributed by atoms with Crippen LogP contribution in [-0.4, -0.2) is 51.5 Å². The summed E-state index contributed by atoms with van der Waals surface area (Å²) in [4.78, 5) is 23.2. The summed E-state index contributed by atoms with van der Waals surface area (Å²) < 4.78 is 37.9. The Balaban J connectivity index is 2.22. The lowest BCUT2D eigenvalue weighted by Crippen LogP contribution is -2.33. The summed E-state index contributed by atoms with van der Waals surface area (Å²) in [5.74, 6) is -0.825. The number of alkyl halides is 3. The van der Waals surface area contributed by atoms with E-state index in [9.17, 15) is 22.8 Å². The molecule has 2 amide bonds. The molecular weight excluding hydrogens is 371 g/mol. The van der Waals surface area contributed by atoms with E-state index in [-0.39, 0.29) is 11.3 Å². The Kier molecular flexibility index (Phi) is 6.24. The van der Waals surface area contributed by atoms with E-state index in [0.29, 0.717) is 23.6 Å². The Morgan fingerprint density at radius 1 is 1.27 bits per heavy atom. The van der Waals surface area contributed by atoms with Crippen LogP contribution in [0.3, 0.4) is 0 Å². The summed E-state index contributed by atoms with van der Waals surface area (Å²) in [6.45, 7) is -1.41. The Labute approximate surface area is 151 Å². The van der Waals surface area contributed by atoms with E-state index in [1.807, 2.05) is 6.26 Å². The minimum Gasteiger partial charge on any atom is -0.364 e. The van der Waals surface area contributed by atoms with E-state index >= 15 is 0 Å². The SMILES string of the molecule is CSCCc1c(C(N)=O)nnn1-c1ccc(C(=O)NCC(F)(F)F)cc1. The van der Waals surface area contributed by atoms with Crippen LogP contribution in [0.15, 0.2) is 24.3 Å². The largest absolute Gasteiger partial charge is 0.405 e. The highest BCUT2D eigenvalue weighted by Crippen LogP contribution is 2.17. The van der Waals surface area contributed by atoms with Gasteiger partial charge in [-0.2, -0.15) is 24.9 Å². The molecule has 0 saturated heterocycles. The average Bonchev–Trinajstić information content (AvgIpc) is 3.01. The van der Waals surface area contributed by atoms with Gasteiger partial charge in [0.1, 0.15) is 6.54 Å². The molecule has 2 aromatic rings. The topological polar surface area (TPSA) is 103 Å². The molecule has 0 atom stereocenters. The Hall–Kier alpha value is -2.56. The van der Waals surface area contributed by atoms with Gasteiger partial charge in [-0.05, 0) is 36.3 Å². The minimum atomic E-state index is -4.48. The van der Waals surface area contributed by atoms with Crippen molar-refractivity contribution in [2.45, 2.75) is 12.6 Å². The van der Waals surface area contributed by atoms with Crippen LogP contribution in [0.5, 0.6) is 0 Å². The highest BCUT2D eigenvalue weighted by molar-refractivity contribution is 7.98. The van der Waals surface area contributed by atoms with Gasteiger partial charge in [0.25, 0.3) is 11.8 Å². The molecule has 0 bridgehead atoms. The summed E-state index contributed by atoms with van der Waals surface area (Å²) in [6.07, 6.45) is -2.07. The van der Waals surface area contributed by atoms with Gasteiger partial charge in [0.15, 0.2) is 5.69 Å². The fourth-order valence-corrected chi connectivity index (χ4v) is 2.56. The number of rotatable bonds is 7. The molecular formula is C15H16F3N5O2S. The fourth-order valence-electron chi connectivity index (χ4n) is 2.16. The number of nitrogens with zero attached hydrogens (tertiary/aromatic N) is 3. The quantitative estimate of drug-likeness (QED) is 0.751. The molecule has 7 nitrogen and oxygen atoms in total. The number of hydrogen-bond donors (Lipinski definition) is 2. The van der Waals surface area contributed by atoms with Crippen LogP contribution < -0.4 is 11.1 Å². The molecule has 1 heterocycles. The number of hydrogen-bond acceptors (Lipinski definition) is 5. The standard InChI is InChI=1S/C15H16F3N5O2S/c1-26-7-6-11-12(13(19)24)21-22-23(11)10-4-2-9(3-5-10)14(25)20-8-15(16,17)18/h2-5H,6-8H2,1H3,(H2,19,24)(H,20,25). The Morgan fingerprint density at radius 2 is 1.92 bits per heavy atom. The minimum absolute atomic E-state index is 0.0612. The van der Waals surface area contributed by atoms with Crippen molar-refractivity contribution < 1.29 is 22.8 Å². The average molecular weight is 387 g/mol. The summed E-state index contributed by atoms with van der Waals surface area (Å²) in [5, 5.41) is 9.49. The van der Waals surface area contributed by atoms with E-state index < -0.39 is 24.5 Å². The number of thioether (sulfide) groups is 1. The maximum Gasteiger partial charge on any atom is 0.405 e. The fraction of sp³-hybridized carbons (Fsp3) is 0.333. The van der Waals surface area contributed by atoms with Gasteiger partial charge < -0.3 is 11.1 Å². The normalized spacial score (nSPS) is 11.4. The van der Waals surface area contributed by atoms with Crippen LogP contribution >= 0.6 is 11.8 Å². The zero-order chi connectivity index (χ0) is 19.3. The molecule has 0 aliphatic rings. The second-order valence-corrected chi connectivity index (χ2v) is 6.23. The molecule has 0 aliphatic heterocycles. The van der Waals surface area contributed by atoms with Crippen LogP contribution in [0.4, 0.5) is 13.2 Å². The maximum atomic E-state index is 12.2. The predicted octanol–water partition coefficient (Wildman–Crippen LogP) is 1.56. The van der Waals surface area contributed by atoms with Gasteiger partial charge in [0.05, 0.1) is 11.4 Å². The number of amides is 2. The van der Waals surface area contributed by atoms with Gasteiger partial charge in [-0.3, -0.25) is 9.59 Å². The molecule has 140 valence electrons. The van der Waals surface area contributed by atoms with Crippen LogP contribution in [-0.2, 0) is 6.42 Å². The lowest BCUT2D eigenvalue weighted by Gasteiger charge is -2.10. The molecule has 3 N–H and O–H groups in total. The number of carbonyl (C=O) groups excluding carboxylic acids is 2. The second kappa shape index (κ2) is 8.21. The van der Waals surface area contributed by atoms with Crippen molar-refractivity contribution in [1.29, 1.82) is 0 Å². The lowest BCUT2D eigenvalue weighted by molar-refractivity contribution is -0.123. The van der Waals surface area contributed by atoms with Gasteiger partial charge in [0, 0.05) is 12.0 Å². The molecule has 0 fully saturated rings. The van der Waals surface area contributed by atoms with Crippen molar-refractivity contribution in [2.75, 3.05) is 18.6 Å². The summed E-state index contributed by atoms with van der Waals surface area (Å²) in [7, 11) is 0. The van der Waals surface area contributed by atoms with Crippen molar-refractivity contribution in [1.82, 2.24) is 20.3 Å². The number of nitrogens with two attached hydrogens (primary N) is 1. The number of carbonyl (C=O) groups is 2. The van der Waals surface area contributed by atoms with Crippen molar-refractivity contribution in [2.24, 2.45) is 5.73 Å². The van der Waals surface area contributed by atoms with Crippen LogP contribution in [0.1, 0.15) is 26.5 Å². The van der Waals surface area contributed by atoms with Crippen LogP contribution in [0.25, 0.3) is 5.69 Å². The number of nitrogens with one attached hydrogen (secondary N) is 1. The van der Waals surface area contributed by atoms with E-state index in [1.165, 1.54) is 28.9 Å². The third kappa shape index (κ3) is 4.97. The number of primary amides is 1. The van der Waals surface area contributed by atoms with Gasteiger partial charge >= 0.3 is 6.18 Å². The third-order valence-corrected chi connectivity index (χ3v) is 3.98. The zero-order valence-corrected chi connectivity index (χ0v) is 14.5. The molecule has 2 rings (SSSR count). The number of halogens is 3. The first-order chi connectivity index (χ1) is 12.2. The summed E-state index contributed by atoms with van der Waals surface area (Å²) >= 11 is 1.57. The third-order valence-electron chi connectivity index (χ3n) is 3.36. The van der Waals surface area contributed by atoms with Crippen molar-refractivity contribution in [3.05, 3.63) is 41.2 Å². The van der Waals surface area contributed by atoms with Gasteiger partial charge in [-0.15, -0.1) is 5.10 Å². The second-order valence-electron chi connectivity index (χ2n) is 5.25. The highest BCUT2D eigenvalue weighted by atomic mass is 32.2. The van der Waals surface area contributed by atoms with E-state index in [1.54, 1.807) is 17.1 Å². The first kappa shape index (κ1) is 19.8. The van der Waals surface area contributed by atoms with Crippen molar-refractivity contribution in [3.63, 3.8) is 0 Å². The molecule has 0 saturated carbocycles. The molecule has 11 heteroatoms. The van der Waals surface area contributed by atoms with Crippen molar-refractivity contribution >= 4 is 23.6 Å². The smallest absolute Gasteiger partial charge is 0.364 e. The number of benzene rings is 1. The van der Waals surface area contributed by atoms with Gasteiger partial charge in [0.2, 0.25) is 0 Å². The maximum absolute atomic E-state index is 12.2. The molecule has 1 aromatic heterocycles. The molecule has 26 heavy (non-hydrogen) atoms. The van der Waals surface area contributed by atoms with E-state index in [2.05, 4.69) is 10.3 Å². The monoisotopic (exact) mass is 387 g/mol. The van der Waals surface area contributed by atoms with Gasteiger partial charge in [-0.25, -0.2) is 4.68 Å². The van der Waals surface area contributed by atoms with Gasteiger partial charge in [-0.1, -0.05) is 5.21 Å². The van der Waals surface area contributed by atoms with E-state index in [4.69, 9.17) is 5.73 Å². The van der Waals surface area contributed by atoms with Crippen LogP contribution in [0, 0.1) is 0 Å². The Morgan fingerprint density at radius 3 is 2.46 bits per heavy atom. The first-order valence-electron chi connectivity index (χ1n) is 7.41. The lowest BCUT2D eigenvalue weighted by atomic mass is 10.2. The highest BCUT2D eigenvalue weighted by Gasteiger charge is 2.28. The summed E-state index contributed by atoms with van der Waals surface area (Å²) in [5.41, 5.74) is 6.47. The molecule has 0 spiro atoms. The molecule has 0 aliphatic carbocycles. The number of aromatic nitrogens is 3. The molecule has 0 radical (unpaired) electrons. The predicted molar refractivity (Wildman–Crippen MR) is 90.4 cm³/mol.